The predicted molar refractivity (Wildman–Crippen MR) is 80.2 cm³/mol. The molecule has 0 amide bonds. The third-order valence-electron chi connectivity index (χ3n) is 3.62. The molecule has 0 fully saturated rings. The lowest BCUT2D eigenvalue weighted by Crippen LogP contribution is -2.22. The number of hydrogen-bond donors (Lipinski definition) is 0. The summed E-state index contributed by atoms with van der Waals surface area (Å²) in [5, 5.41) is 18.9. The molecule has 116 valence electrons. The van der Waals surface area contributed by atoms with Gasteiger partial charge in [0, 0.05) is 32.1 Å². The fourth-order valence-corrected chi connectivity index (χ4v) is 2.28. The molecule has 1 aliphatic rings. The lowest BCUT2D eigenvalue weighted by atomic mass is 9.75. The molecule has 0 bridgehead atoms. The van der Waals surface area contributed by atoms with Gasteiger partial charge in [-0.3, -0.25) is 9.59 Å². The molecule has 0 aromatic carbocycles. The quantitative estimate of drug-likeness (QED) is 0.555. The van der Waals surface area contributed by atoms with Gasteiger partial charge in [0.1, 0.15) is 5.78 Å². The maximum absolute atomic E-state index is 11.3. The Morgan fingerprint density at radius 2 is 2.14 bits per heavy atom. The van der Waals surface area contributed by atoms with Gasteiger partial charge in [-0.25, -0.2) is 0 Å². The van der Waals surface area contributed by atoms with Crippen molar-refractivity contribution in [1.82, 2.24) is 0 Å². The fourth-order valence-electron chi connectivity index (χ4n) is 2.28. The van der Waals surface area contributed by atoms with E-state index in [-0.39, 0.29) is 30.7 Å². The van der Waals surface area contributed by atoms with Crippen LogP contribution in [0.5, 0.6) is 0 Å². The van der Waals surface area contributed by atoms with Crippen molar-refractivity contribution in [2.45, 2.75) is 39.5 Å². The second-order valence-electron chi connectivity index (χ2n) is 5.51. The van der Waals surface area contributed by atoms with Crippen molar-refractivity contribution in [2.75, 3.05) is 6.61 Å². The Morgan fingerprint density at radius 3 is 2.64 bits per heavy atom. The molecule has 0 heterocycles. The average molecular weight is 300 g/mol. The Bertz CT molecular complexity index is 562. The molecule has 0 aromatic heterocycles. The summed E-state index contributed by atoms with van der Waals surface area (Å²) in [6.45, 7) is 3.51. The summed E-state index contributed by atoms with van der Waals surface area (Å²) >= 11 is 0. The van der Waals surface area contributed by atoms with Gasteiger partial charge in [-0.15, -0.1) is 0 Å². The highest BCUT2D eigenvalue weighted by Gasteiger charge is 2.34. The maximum atomic E-state index is 11.3. The minimum Gasteiger partial charge on any atom is -0.465 e. The zero-order valence-electron chi connectivity index (χ0n) is 13.0. The topological polar surface area (TPSA) is 90.9 Å². The van der Waals surface area contributed by atoms with Crippen LogP contribution < -0.4 is 0 Å². The first-order chi connectivity index (χ1) is 10.4. The van der Waals surface area contributed by atoms with Crippen molar-refractivity contribution in [3.63, 3.8) is 0 Å². The Balaban J connectivity index is 2.73. The van der Waals surface area contributed by atoms with Crippen LogP contribution in [0.15, 0.2) is 23.8 Å². The van der Waals surface area contributed by atoms with Gasteiger partial charge in [0.25, 0.3) is 0 Å². The van der Waals surface area contributed by atoms with E-state index in [1.807, 2.05) is 13.0 Å². The molecule has 5 nitrogen and oxygen atoms in total. The molecule has 1 atom stereocenters. The number of nitriles is 2. The summed E-state index contributed by atoms with van der Waals surface area (Å²) in [5.41, 5.74) is -0.479. The summed E-state index contributed by atoms with van der Waals surface area (Å²) in [7, 11) is 0. The van der Waals surface area contributed by atoms with Gasteiger partial charge in [0.2, 0.25) is 0 Å². The lowest BCUT2D eigenvalue weighted by molar-refractivity contribution is -0.141. The summed E-state index contributed by atoms with van der Waals surface area (Å²) in [6.07, 6.45) is 6.75. The van der Waals surface area contributed by atoms with E-state index in [9.17, 15) is 20.1 Å². The van der Waals surface area contributed by atoms with Gasteiger partial charge in [-0.1, -0.05) is 25.2 Å². The number of ketones is 1. The van der Waals surface area contributed by atoms with Crippen LogP contribution in [0.1, 0.15) is 39.5 Å². The van der Waals surface area contributed by atoms with Crippen LogP contribution in [0.2, 0.25) is 0 Å². The second kappa shape index (κ2) is 8.14. The van der Waals surface area contributed by atoms with Crippen LogP contribution >= 0.6 is 0 Å². The van der Waals surface area contributed by atoms with Crippen LogP contribution in [0.3, 0.4) is 0 Å². The predicted octanol–water partition coefficient (Wildman–Crippen LogP) is 2.84. The smallest absolute Gasteiger partial charge is 0.302 e. The van der Waals surface area contributed by atoms with E-state index in [2.05, 4.69) is 12.1 Å². The number of carbonyl (C=O) groups is 2. The van der Waals surface area contributed by atoms with Crippen molar-refractivity contribution >= 4 is 11.8 Å². The number of rotatable bonds is 6. The molecule has 0 N–H and O–H groups in total. The minimum absolute atomic E-state index is 0.0147. The molecule has 5 heteroatoms. The number of allylic oxidation sites excluding steroid dienone is 3. The maximum Gasteiger partial charge on any atom is 0.302 e. The number of hydrogen-bond acceptors (Lipinski definition) is 5. The molecule has 1 rings (SSSR count). The Kier molecular flexibility index (Phi) is 6.53. The Morgan fingerprint density at radius 1 is 1.45 bits per heavy atom. The monoisotopic (exact) mass is 300 g/mol. The van der Waals surface area contributed by atoms with Crippen LogP contribution in [0.4, 0.5) is 0 Å². The van der Waals surface area contributed by atoms with E-state index >= 15 is 0 Å². The standard InChI is InChI=1S/C17H20N2O3/c1-13(10-22-14(2)20)4-3-9-17(11-18,12-19)15-5-7-16(21)8-6-15/h3-5,13H,6-10H2,1-2H3/b4-3-/t13-/m0/s1. The molecule has 0 unspecified atom stereocenters. The highest BCUT2D eigenvalue weighted by molar-refractivity contribution is 5.81. The van der Waals surface area contributed by atoms with Crippen molar-refractivity contribution in [2.24, 2.45) is 11.3 Å². The van der Waals surface area contributed by atoms with Crippen molar-refractivity contribution in [1.29, 1.82) is 10.5 Å². The van der Waals surface area contributed by atoms with Gasteiger partial charge < -0.3 is 4.74 Å². The van der Waals surface area contributed by atoms with E-state index in [0.29, 0.717) is 19.3 Å². The molecule has 0 aliphatic heterocycles. The van der Waals surface area contributed by atoms with Crippen molar-refractivity contribution in [3.05, 3.63) is 23.8 Å². The lowest BCUT2D eigenvalue weighted by Gasteiger charge is -2.23. The first-order valence-electron chi connectivity index (χ1n) is 7.27. The van der Waals surface area contributed by atoms with Crippen molar-refractivity contribution in [3.8, 4) is 12.1 Å². The molecule has 0 saturated heterocycles. The molecule has 22 heavy (non-hydrogen) atoms. The van der Waals surface area contributed by atoms with E-state index < -0.39 is 5.41 Å². The van der Waals surface area contributed by atoms with Crippen LogP contribution in [0, 0.1) is 34.0 Å². The van der Waals surface area contributed by atoms with Gasteiger partial charge in [0.05, 0.1) is 18.7 Å². The number of ether oxygens (including phenoxy) is 1. The normalized spacial score (nSPS) is 16.5. The third-order valence-corrected chi connectivity index (χ3v) is 3.62. The van der Waals surface area contributed by atoms with Gasteiger partial charge >= 0.3 is 5.97 Å². The SMILES string of the molecule is CC(=O)OC[C@@H](C)/C=C\CC(C#N)(C#N)C1=CCC(=O)CC1. The molecular weight excluding hydrogens is 280 g/mol. The van der Waals surface area contributed by atoms with Crippen LogP contribution in [-0.2, 0) is 14.3 Å². The molecule has 0 saturated carbocycles. The molecular formula is C17H20N2O3. The summed E-state index contributed by atoms with van der Waals surface area (Å²) < 4.78 is 4.90. The van der Waals surface area contributed by atoms with E-state index in [1.165, 1.54) is 6.92 Å². The van der Waals surface area contributed by atoms with Crippen LogP contribution in [0.25, 0.3) is 0 Å². The zero-order chi connectivity index (χ0) is 16.6. The largest absolute Gasteiger partial charge is 0.465 e. The van der Waals surface area contributed by atoms with Gasteiger partial charge in [-0.05, 0) is 12.0 Å². The zero-order valence-corrected chi connectivity index (χ0v) is 13.0. The summed E-state index contributed by atoms with van der Waals surface area (Å²) in [5.74, 6) is -0.180. The highest BCUT2D eigenvalue weighted by atomic mass is 16.5. The number of nitrogens with zero attached hydrogens (tertiary/aromatic N) is 2. The Labute approximate surface area is 130 Å². The Hall–Kier alpha value is -2.40. The van der Waals surface area contributed by atoms with Crippen molar-refractivity contribution < 1.29 is 14.3 Å². The number of carbonyl (C=O) groups excluding carboxylic acids is 2. The van der Waals surface area contributed by atoms with E-state index in [1.54, 1.807) is 12.2 Å². The average Bonchev–Trinajstić information content (AvgIpc) is 2.51. The van der Waals surface area contributed by atoms with Crippen LogP contribution in [-0.4, -0.2) is 18.4 Å². The van der Waals surface area contributed by atoms with Gasteiger partial charge in [0.15, 0.2) is 5.41 Å². The third kappa shape index (κ3) is 4.86. The summed E-state index contributed by atoms with van der Waals surface area (Å²) in [6, 6.07) is 4.19. The molecule has 0 spiro atoms. The molecule has 1 aliphatic carbocycles. The van der Waals surface area contributed by atoms with E-state index in [0.717, 1.165) is 5.57 Å². The summed E-state index contributed by atoms with van der Waals surface area (Å²) in [4.78, 5) is 22.0. The fraction of sp³-hybridized carbons (Fsp3) is 0.529. The number of Topliss-reactive ketones (excluding diaryl/α,β-unsaturated/α-hetero) is 1. The van der Waals surface area contributed by atoms with E-state index in [4.69, 9.17) is 4.74 Å². The first-order valence-corrected chi connectivity index (χ1v) is 7.27. The number of esters is 1. The minimum atomic E-state index is -1.21. The first kappa shape index (κ1) is 17.7. The second-order valence-corrected chi connectivity index (χ2v) is 5.51. The highest BCUT2D eigenvalue weighted by Crippen LogP contribution is 2.36. The van der Waals surface area contributed by atoms with Gasteiger partial charge in [-0.2, -0.15) is 10.5 Å². The molecule has 0 aromatic rings. The molecule has 0 radical (unpaired) electrons.